The van der Waals surface area contributed by atoms with Gasteiger partial charge in [-0.1, -0.05) is 30.3 Å². The summed E-state index contributed by atoms with van der Waals surface area (Å²) < 4.78 is 2.92. The fourth-order valence-corrected chi connectivity index (χ4v) is 3.25. The number of benzene rings is 1. The number of nitro groups is 1. The third-order valence-corrected chi connectivity index (χ3v) is 4.77. The zero-order valence-corrected chi connectivity index (χ0v) is 16.0. The Morgan fingerprint density at radius 3 is 2.52 bits per heavy atom. The van der Waals surface area contributed by atoms with Gasteiger partial charge in [0.15, 0.2) is 5.78 Å². The van der Waals surface area contributed by atoms with Gasteiger partial charge >= 0.3 is 0 Å². The predicted molar refractivity (Wildman–Crippen MR) is 106 cm³/mol. The monoisotopic (exact) mass is 390 g/mol. The number of carbonyl (C=O) groups is 1. The van der Waals surface area contributed by atoms with Crippen LogP contribution in [0.25, 0.3) is 0 Å². The van der Waals surface area contributed by atoms with Gasteiger partial charge in [-0.2, -0.15) is 5.26 Å². The predicted octanol–water partition coefficient (Wildman–Crippen LogP) is 2.98. The lowest BCUT2D eigenvalue weighted by Gasteiger charge is -2.10. The molecule has 0 N–H and O–H groups in total. The zero-order valence-electron chi connectivity index (χ0n) is 16.0. The molecule has 0 bridgehead atoms. The van der Waals surface area contributed by atoms with Crippen LogP contribution in [0.1, 0.15) is 32.9 Å². The smallest absolute Gasteiger partial charge is 0.287 e. The molecule has 3 rings (SSSR count). The molecule has 1 aromatic carbocycles. The second-order valence-corrected chi connectivity index (χ2v) is 6.69. The molecular weight excluding hydrogens is 372 g/mol. The van der Waals surface area contributed by atoms with Crippen LogP contribution in [-0.2, 0) is 13.1 Å². The van der Waals surface area contributed by atoms with E-state index in [4.69, 9.17) is 5.26 Å². The Hall–Kier alpha value is -3.99. The minimum absolute atomic E-state index is 0.358. The maximum absolute atomic E-state index is 12.9. The third kappa shape index (κ3) is 3.99. The highest BCUT2D eigenvalue weighted by molar-refractivity contribution is 5.97. The Morgan fingerprint density at radius 2 is 1.90 bits per heavy atom. The molecule has 0 amide bonds. The highest BCUT2D eigenvalue weighted by Gasteiger charge is 2.19. The standard InChI is InChI=1S/C21H18N4O4/c1-14-8-19(15(2)24(14)11-16-6-4-3-5-7-16)20(26)13-23-12-18(25(28)29)9-17(10-22)21(23)27/h3-9,12H,11,13H2,1-2H3. The number of ketones is 1. The van der Waals surface area contributed by atoms with Crippen LogP contribution in [-0.4, -0.2) is 19.8 Å². The molecule has 2 aromatic heterocycles. The molecule has 146 valence electrons. The van der Waals surface area contributed by atoms with Crippen molar-refractivity contribution in [3.63, 3.8) is 0 Å². The van der Waals surface area contributed by atoms with E-state index in [0.29, 0.717) is 12.1 Å². The molecule has 0 aliphatic heterocycles. The van der Waals surface area contributed by atoms with Gasteiger partial charge in [0.05, 0.1) is 17.7 Å². The first-order valence-electron chi connectivity index (χ1n) is 8.84. The van der Waals surface area contributed by atoms with Gasteiger partial charge in [0.1, 0.15) is 11.6 Å². The first kappa shape index (κ1) is 19.8. The van der Waals surface area contributed by atoms with Crippen molar-refractivity contribution in [2.75, 3.05) is 0 Å². The number of hydrogen-bond acceptors (Lipinski definition) is 5. The summed E-state index contributed by atoms with van der Waals surface area (Å²) in [5, 5.41) is 20.1. The minimum atomic E-state index is -0.732. The van der Waals surface area contributed by atoms with E-state index in [9.17, 15) is 19.7 Å². The van der Waals surface area contributed by atoms with Gasteiger partial charge in [0, 0.05) is 29.6 Å². The summed E-state index contributed by atoms with van der Waals surface area (Å²) in [5.74, 6) is -0.358. The molecule has 8 heteroatoms. The van der Waals surface area contributed by atoms with Crippen LogP contribution in [0.3, 0.4) is 0 Å². The van der Waals surface area contributed by atoms with Crippen LogP contribution in [0, 0.1) is 35.3 Å². The Balaban J connectivity index is 1.94. The molecule has 0 saturated heterocycles. The lowest BCUT2D eigenvalue weighted by atomic mass is 10.1. The summed E-state index contributed by atoms with van der Waals surface area (Å²) in [6.07, 6.45) is 0.990. The molecule has 0 atom stereocenters. The van der Waals surface area contributed by atoms with Crippen molar-refractivity contribution in [2.45, 2.75) is 26.9 Å². The molecule has 29 heavy (non-hydrogen) atoms. The molecule has 0 unspecified atom stereocenters. The zero-order chi connectivity index (χ0) is 21.1. The van der Waals surface area contributed by atoms with E-state index in [-0.39, 0.29) is 17.9 Å². The fraction of sp³-hybridized carbons (Fsp3) is 0.190. The SMILES string of the molecule is Cc1cc(C(=O)Cn2cc([N+](=O)[O-])cc(C#N)c2=O)c(C)n1Cc1ccccc1. The summed E-state index contributed by atoms with van der Waals surface area (Å²) in [6, 6.07) is 14.1. The molecule has 8 nitrogen and oxygen atoms in total. The van der Waals surface area contributed by atoms with Gasteiger partial charge < -0.3 is 4.57 Å². The van der Waals surface area contributed by atoms with Crippen LogP contribution >= 0.6 is 0 Å². The highest BCUT2D eigenvalue weighted by atomic mass is 16.6. The maximum atomic E-state index is 12.9. The van der Waals surface area contributed by atoms with Gasteiger partial charge in [-0.25, -0.2) is 0 Å². The topological polar surface area (TPSA) is 111 Å². The van der Waals surface area contributed by atoms with E-state index >= 15 is 0 Å². The number of pyridine rings is 1. The van der Waals surface area contributed by atoms with Crippen LogP contribution in [0.4, 0.5) is 5.69 Å². The number of rotatable bonds is 6. The van der Waals surface area contributed by atoms with Gasteiger partial charge in [-0.05, 0) is 25.5 Å². The van der Waals surface area contributed by atoms with Gasteiger partial charge in [0.2, 0.25) is 0 Å². The average molecular weight is 390 g/mol. The number of nitriles is 1. The van der Waals surface area contributed by atoms with Crippen molar-refractivity contribution in [1.82, 2.24) is 9.13 Å². The molecular formula is C21H18N4O4. The van der Waals surface area contributed by atoms with Crippen LogP contribution in [0.15, 0.2) is 53.5 Å². The second-order valence-electron chi connectivity index (χ2n) is 6.69. The van der Waals surface area contributed by atoms with Gasteiger partial charge in [-0.3, -0.25) is 24.3 Å². The Kier molecular flexibility index (Phi) is 5.41. The number of aryl methyl sites for hydroxylation is 1. The Bertz CT molecular complexity index is 1200. The molecule has 0 aliphatic rings. The minimum Gasteiger partial charge on any atom is -0.344 e. The molecule has 3 aromatic rings. The third-order valence-electron chi connectivity index (χ3n) is 4.77. The Morgan fingerprint density at radius 1 is 1.21 bits per heavy atom. The van der Waals surface area contributed by atoms with Crippen LogP contribution in [0.2, 0.25) is 0 Å². The fourth-order valence-electron chi connectivity index (χ4n) is 3.25. The summed E-state index contributed by atoms with van der Waals surface area (Å²) in [5.41, 5.74) is 1.64. The van der Waals surface area contributed by atoms with Crippen molar-refractivity contribution in [3.8, 4) is 6.07 Å². The quantitative estimate of drug-likeness (QED) is 0.365. The van der Waals surface area contributed by atoms with E-state index in [1.807, 2.05) is 48.7 Å². The molecule has 0 radical (unpaired) electrons. The van der Waals surface area contributed by atoms with Crippen molar-refractivity contribution >= 4 is 11.5 Å². The molecule has 0 fully saturated rings. The van der Waals surface area contributed by atoms with E-state index < -0.39 is 16.2 Å². The average Bonchev–Trinajstić information content (AvgIpc) is 2.98. The summed E-state index contributed by atoms with van der Waals surface area (Å²) >= 11 is 0. The van der Waals surface area contributed by atoms with Crippen molar-refractivity contribution in [2.24, 2.45) is 0 Å². The largest absolute Gasteiger partial charge is 0.344 e. The van der Waals surface area contributed by atoms with E-state index in [1.54, 1.807) is 12.1 Å². The molecule has 0 spiro atoms. The number of carbonyl (C=O) groups excluding carboxylic acids is 1. The van der Waals surface area contributed by atoms with Crippen molar-refractivity contribution < 1.29 is 9.72 Å². The van der Waals surface area contributed by atoms with Crippen molar-refractivity contribution in [1.29, 1.82) is 5.26 Å². The summed E-state index contributed by atoms with van der Waals surface area (Å²) in [7, 11) is 0. The number of Topliss-reactive ketones (excluding diaryl/α,β-unsaturated/α-hetero) is 1. The number of nitrogens with zero attached hydrogens (tertiary/aromatic N) is 4. The van der Waals surface area contributed by atoms with Gasteiger partial charge in [-0.15, -0.1) is 0 Å². The normalized spacial score (nSPS) is 10.5. The highest BCUT2D eigenvalue weighted by Crippen LogP contribution is 2.19. The maximum Gasteiger partial charge on any atom is 0.287 e. The van der Waals surface area contributed by atoms with Gasteiger partial charge in [0.25, 0.3) is 11.2 Å². The van der Waals surface area contributed by atoms with E-state index in [0.717, 1.165) is 33.8 Å². The van der Waals surface area contributed by atoms with Crippen LogP contribution < -0.4 is 5.56 Å². The first-order chi connectivity index (χ1) is 13.8. The van der Waals surface area contributed by atoms with Crippen molar-refractivity contribution in [3.05, 3.63) is 97.2 Å². The number of aromatic nitrogens is 2. The molecule has 0 saturated carbocycles. The summed E-state index contributed by atoms with van der Waals surface area (Å²) in [4.78, 5) is 35.5. The lowest BCUT2D eigenvalue weighted by molar-refractivity contribution is -0.385. The molecule has 2 heterocycles. The van der Waals surface area contributed by atoms with Crippen LogP contribution in [0.5, 0.6) is 0 Å². The number of hydrogen-bond donors (Lipinski definition) is 0. The lowest BCUT2D eigenvalue weighted by Crippen LogP contribution is -2.26. The second kappa shape index (κ2) is 7.94. The first-order valence-corrected chi connectivity index (χ1v) is 8.84. The summed E-state index contributed by atoms with van der Waals surface area (Å²) in [6.45, 7) is 3.92. The Labute approximate surface area is 166 Å². The van der Waals surface area contributed by atoms with E-state index in [1.165, 1.54) is 0 Å². The van der Waals surface area contributed by atoms with E-state index in [2.05, 4.69) is 0 Å². The molecule has 0 aliphatic carbocycles.